The van der Waals surface area contributed by atoms with Gasteiger partial charge in [-0.15, -0.1) is 22.7 Å². The fraction of sp³-hybridized carbons (Fsp3) is 0.310. The largest absolute Gasteiger partial charge is 1.00 e. The minimum Gasteiger partial charge on any atom is -0.545 e. The number of benzene rings is 2. The minimum absolute atomic E-state index is 0. The van der Waals surface area contributed by atoms with Gasteiger partial charge < -0.3 is 14.6 Å². The third kappa shape index (κ3) is 7.31. The number of aromatic carboxylic acids is 1. The second-order valence-electron chi connectivity index (χ2n) is 9.41. The van der Waals surface area contributed by atoms with Crippen molar-refractivity contribution < 1.29 is 44.2 Å². The molecule has 0 amide bonds. The first kappa shape index (κ1) is 28.0. The standard InChI is InChI=1S/C29H30N2O3S2.Na/c1-19-4-12-23(13-5-19)34-24-14-10-21(11-15-24)25-18-36-28(31-25)27(26-3-2-16-35-26)30-17-20-6-8-22(9-7-20)29(32)33;/h2-3,6-11,14-16,18-19,23,27,30H,4-5,12-13,17H2,1H3,(H,32,33);/q;+1/p-1. The van der Waals surface area contributed by atoms with Crippen LogP contribution in [0.3, 0.4) is 0 Å². The fourth-order valence-electron chi connectivity index (χ4n) is 4.54. The van der Waals surface area contributed by atoms with Crippen LogP contribution < -0.4 is 44.7 Å². The number of nitrogens with zero attached hydrogens (tertiary/aromatic N) is 1. The molecule has 4 aromatic rings. The Morgan fingerprint density at radius 1 is 1.05 bits per heavy atom. The third-order valence-corrected chi connectivity index (χ3v) is 8.56. The van der Waals surface area contributed by atoms with Crippen molar-refractivity contribution in [2.24, 2.45) is 5.92 Å². The molecule has 1 saturated carbocycles. The van der Waals surface area contributed by atoms with E-state index in [1.54, 1.807) is 34.8 Å². The van der Waals surface area contributed by atoms with E-state index in [0.717, 1.165) is 46.3 Å². The Hall–Kier alpha value is -2.00. The van der Waals surface area contributed by atoms with Gasteiger partial charge in [-0.1, -0.05) is 37.3 Å². The van der Waals surface area contributed by atoms with Crippen molar-refractivity contribution in [2.45, 2.75) is 51.3 Å². The summed E-state index contributed by atoms with van der Waals surface area (Å²) in [5.41, 5.74) is 3.21. The first-order valence-electron chi connectivity index (χ1n) is 12.3. The van der Waals surface area contributed by atoms with Crippen LogP contribution in [0.2, 0.25) is 0 Å². The monoisotopic (exact) mass is 540 g/mol. The number of carbonyl (C=O) groups excluding carboxylic acids is 1. The molecule has 1 aliphatic rings. The Bertz CT molecular complexity index is 1270. The molecule has 1 N–H and O–H groups in total. The summed E-state index contributed by atoms with van der Waals surface area (Å²) in [6.07, 6.45) is 5.09. The Labute approximate surface area is 248 Å². The predicted molar refractivity (Wildman–Crippen MR) is 143 cm³/mol. The number of hydrogen-bond donors (Lipinski definition) is 1. The second kappa shape index (κ2) is 13.2. The van der Waals surface area contributed by atoms with Gasteiger partial charge in [0.25, 0.3) is 0 Å². The molecule has 0 saturated heterocycles. The van der Waals surface area contributed by atoms with Gasteiger partial charge >= 0.3 is 29.6 Å². The summed E-state index contributed by atoms with van der Waals surface area (Å²) < 4.78 is 6.22. The number of nitrogens with one attached hydrogen (secondary N) is 1. The van der Waals surface area contributed by atoms with Crippen LogP contribution in [-0.2, 0) is 6.54 Å². The van der Waals surface area contributed by atoms with Gasteiger partial charge in [-0.3, -0.25) is 5.32 Å². The SMILES string of the molecule is CC1CCC(Oc2ccc(-c3csc(C(NCc4ccc(C(=O)[O-])cc4)c4cccs4)n3)cc2)CC1.[Na+]. The molecule has 5 rings (SSSR count). The first-order valence-corrected chi connectivity index (χ1v) is 14.1. The van der Waals surface area contributed by atoms with Gasteiger partial charge in [0.2, 0.25) is 0 Å². The maximum atomic E-state index is 11.0. The van der Waals surface area contributed by atoms with Crippen molar-refractivity contribution >= 4 is 28.6 Å². The van der Waals surface area contributed by atoms with E-state index < -0.39 is 5.97 Å². The average Bonchev–Trinajstić information content (AvgIpc) is 3.60. The summed E-state index contributed by atoms with van der Waals surface area (Å²) in [7, 11) is 0. The van der Waals surface area contributed by atoms with Gasteiger partial charge in [0.15, 0.2) is 0 Å². The number of rotatable bonds is 9. The molecule has 8 heteroatoms. The van der Waals surface area contributed by atoms with E-state index in [9.17, 15) is 9.90 Å². The van der Waals surface area contributed by atoms with Gasteiger partial charge in [0.05, 0.1) is 23.8 Å². The molecule has 1 unspecified atom stereocenters. The Morgan fingerprint density at radius 2 is 1.78 bits per heavy atom. The van der Waals surface area contributed by atoms with Crippen LogP contribution in [0.4, 0.5) is 0 Å². The van der Waals surface area contributed by atoms with E-state index in [4.69, 9.17) is 9.72 Å². The molecule has 0 spiro atoms. The quantitative estimate of drug-likeness (QED) is 0.331. The van der Waals surface area contributed by atoms with Gasteiger partial charge in [-0.05, 0) is 78.4 Å². The van der Waals surface area contributed by atoms with E-state index in [-0.39, 0.29) is 41.2 Å². The van der Waals surface area contributed by atoms with Crippen molar-refractivity contribution in [2.75, 3.05) is 0 Å². The summed E-state index contributed by atoms with van der Waals surface area (Å²) in [5, 5.41) is 19.8. The van der Waals surface area contributed by atoms with Gasteiger partial charge in [-0.2, -0.15) is 0 Å². The normalized spacial score (nSPS) is 18.1. The number of ether oxygens (including phenoxy) is 1. The Balaban J connectivity index is 0.00000320. The molecule has 5 nitrogen and oxygen atoms in total. The van der Waals surface area contributed by atoms with Gasteiger partial charge in [-0.25, -0.2) is 4.98 Å². The first-order chi connectivity index (χ1) is 17.5. The van der Waals surface area contributed by atoms with Crippen molar-refractivity contribution in [3.8, 4) is 17.0 Å². The summed E-state index contributed by atoms with van der Waals surface area (Å²) in [4.78, 5) is 17.2. The molecule has 0 bridgehead atoms. The maximum absolute atomic E-state index is 11.0. The fourth-order valence-corrected chi connectivity index (χ4v) is 6.34. The van der Waals surface area contributed by atoms with Crippen molar-refractivity contribution in [3.05, 3.63) is 92.4 Å². The molecule has 0 radical (unpaired) electrons. The molecule has 2 aromatic heterocycles. The molecule has 186 valence electrons. The number of carboxylic acids is 1. The molecular formula is C29H29N2NaO3S2. The smallest absolute Gasteiger partial charge is 0.545 e. The van der Waals surface area contributed by atoms with Crippen LogP contribution in [-0.4, -0.2) is 17.1 Å². The van der Waals surface area contributed by atoms with Crippen molar-refractivity contribution in [1.82, 2.24) is 10.3 Å². The molecule has 1 atom stereocenters. The summed E-state index contributed by atoms with van der Waals surface area (Å²) in [5.74, 6) is 0.578. The van der Waals surface area contributed by atoms with Crippen molar-refractivity contribution in [3.63, 3.8) is 0 Å². The number of hydrogen-bond acceptors (Lipinski definition) is 7. The van der Waals surface area contributed by atoms with E-state index in [1.165, 1.54) is 17.7 Å². The topological polar surface area (TPSA) is 74.3 Å². The molecule has 2 heterocycles. The molecular weight excluding hydrogens is 511 g/mol. The number of carbonyl (C=O) groups is 1. The van der Waals surface area contributed by atoms with Crippen LogP contribution in [0.15, 0.2) is 71.4 Å². The third-order valence-electron chi connectivity index (χ3n) is 6.71. The van der Waals surface area contributed by atoms with Crippen LogP contribution in [0.25, 0.3) is 11.3 Å². The molecule has 2 aromatic carbocycles. The Morgan fingerprint density at radius 3 is 2.43 bits per heavy atom. The number of thiazole rings is 1. The number of carboxylic acid groups (broad SMARTS) is 1. The molecule has 0 aliphatic heterocycles. The van der Waals surface area contributed by atoms with E-state index in [2.05, 4.69) is 53.3 Å². The summed E-state index contributed by atoms with van der Waals surface area (Å²) in [6.45, 7) is 2.92. The van der Waals surface area contributed by atoms with Crippen LogP contribution in [0, 0.1) is 5.92 Å². The zero-order valence-corrected chi connectivity index (χ0v) is 24.8. The molecule has 1 fully saturated rings. The van der Waals surface area contributed by atoms with E-state index in [0.29, 0.717) is 12.6 Å². The minimum atomic E-state index is -1.16. The van der Waals surface area contributed by atoms with Gasteiger partial charge in [0.1, 0.15) is 10.8 Å². The summed E-state index contributed by atoms with van der Waals surface area (Å²) in [6, 6.07) is 19.2. The number of thiophene rings is 1. The zero-order valence-electron chi connectivity index (χ0n) is 21.2. The summed E-state index contributed by atoms with van der Waals surface area (Å²) >= 11 is 3.33. The van der Waals surface area contributed by atoms with Crippen molar-refractivity contribution in [1.29, 1.82) is 0 Å². The van der Waals surface area contributed by atoms with Crippen LogP contribution in [0.5, 0.6) is 5.75 Å². The second-order valence-corrected chi connectivity index (χ2v) is 11.3. The molecule has 37 heavy (non-hydrogen) atoms. The van der Waals surface area contributed by atoms with Gasteiger partial charge in [0, 0.05) is 22.4 Å². The van der Waals surface area contributed by atoms with Crippen LogP contribution >= 0.6 is 22.7 Å². The van der Waals surface area contributed by atoms with Crippen LogP contribution in [0.1, 0.15) is 64.5 Å². The maximum Gasteiger partial charge on any atom is 1.00 e. The zero-order chi connectivity index (χ0) is 24.9. The van der Waals surface area contributed by atoms with E-state index in [1.807, 2.05) is 18.2 Å². The predicted octanol–water partition coefficient (Wildman–Crippen LogP) is 3.08. The average molecular weight is 541 g/mol. The Kier molecular flexibility index (Phi) is 9.98. The molecule has 1 aliphatic carbocycles. The number of aromatic nitrogens is 1. The van der Waals surface area contributed by atoms with E-state index >= 15 is 0 Å².